The molecule has 2 rings (SSSR count). The summed E-state index contributed by atoms with van der Waals surface area (Å²) in [5.41, 5.74) is 11.9. The molecule has 1 heterocycles. The van der Waals surface area contributed by atoms with Gasteiger partial charge in [-0.3, -0.25) is 4.79 Å². The number of nitrogens with zero attached hydrogens (tertiary/aromatic N) is 3. The van der Waals surface area contributed by atoms with Crippen LogP contribution in [0.2, 0.25) is 0 Å². The van der Waals surface area contributed by atoms with Gasteiger partial charge in [-0.25, -0.2) is 9.78 Å². The molecule has 0 radical (unpaired) electrons. The van der Waals surface area contributed by atoms with Gasteiger partial charge in [0.2, 0.25) is 5.91 Å². The van der Waals surface area contributed by atoms with E-state index in [2.05, 4.69) is 15.2 Å². The molecular weight excluding hydrogens is 371 g/mol. The maximum atomic E-state index is 10.8. The number of aromatic hydroxyl groups is 1. The van der Waals surface area contributed by atoms with Gasteiger partial charge in [0, 0.05) is 0 Å². The van der Waals surface area contributed by atoms with Gasteiger partial charge in [-0.15, -0.1) is 10.2 Å². The van der Waals surface area contributed by atoms with Crippen molar-refractivity contribution in [2.24, 2.45) is 16.0 Å². The van der Waals surface area contributed by atoms with E-state index < -0.39 is 18.1 Å². The van der Waals surface area contributed by atoms with Gasteiger partial charge in [-0.2, -0.15) is 13.2 Å². The summed E-state index contributed by atoms with van der Waals surface area (Å²) >= 11 is 0. The third kappa shape index (κ3) is 7.37. The van der Waals surface area contributed by atoms with Crippen molar-refractivity contribution in [2.45, 2.75) is 12.6 Å². The van der Waals surface area contributed by atoms with Gasteiger partial charge in [0.05, 0.1) is 12.1 Å². The summed E-state index contributed by atoms with van der Waals surface area (Å²) in [5.74, 6) is -3.08. The molecule has 0 saturated heterocycles. The number of para-hydroxylation sites is 1. The molecule has 0 fully saturated rings. The maximum Gasteiger partial charge on any atom is 0.490 e. The van der Waals surface area contributed by atoms with Crippen molar-refractivity contribution in [1.29, 1.82) is 0 Å². The molecular formula is C15H14F3N5O4. The Hall–Kier alpha value is -3.70. The van der Waals surface area contributed by atoms with E-state index in [1.54, 1.807) is 30.3 Å². The molecule has 1 aromatic heterocycles. The average molecular weight is 385 g/mol. The quantitative estimate of drug-likeness (QED) is 0.590. The average Bonchev–Trinajstić information content (AvgIpc) is 2.54. The Morgan fingerprint density at radius 1 is 1.07 bits per heavy atom. The number of aliphatic carboxylic acids is 1. The lowest BCUT2D eigenvalue weighted by Gasteiger charge is -2.02. The number of carboxylic acids is 1. The first-order valence-corrected chi connectivity index (χ1v) is 7.04. The number of phenolic OH excluding ortho intramolecular Hbond substituents is 1. The fourth-order valence-corrected chi connectivity index (χ4v) is 1.53. The van der Waals surface area contributed by atoms with Crippen LogP contribution < -0.4 is 11.5 Å². The molecule has 0 saturated carbocycles. The smallest absolute Gasteiger partial charge is 0.490 e. The van der Waals surface area contributed by atoms with E-state index in [1.807, 2.05) is 0 Å². The molecule has 27 heavy (non-hydrogen) atoms. The van der Waals surface area contributed by atoms with Crippen molar-refractivity contribution in [2.75, 3.05) is 5.73 Å². The predicted octanol–water partition coefficient (Wildman–Crippen LogP) is 2.45. The minimum Gasteiger partial charge on any atom is -0.506 e. The molecule has 0 atom stereocenters. The van der Waals surface area contributed by atoms with Crippen LogP contribution in [0.25, 0.3) is 0 Å². The van der Waals surface area contributed by atoms with Crippen LogP contribution in [-0.4, -0.2) is 33.2 Å². The lowest BCUT2D eigenvalue weighted by atomic mass is 10.2. The molecule has 0 bridgehead atoms. The number of alkyl halides is 3. The number of aromatic nitrogens is 1. The Balaban J connectivity index is 0.000000445. The first kappa shape index (κ1) is 21.3. The van der Waals surface area contributed by atoms with Gasteiger partial charge >= 0.3 is 12.1 Å². The number of carbonyl (C=O) groups is 2. The normalized spacial score (nSPS) is 10.9. The SMILES string of the molecule is NC(=O)Cc1ccc(N=Nc2ccccc2O)c(N)n1.O=C(O)C(F)(F)F. The number of hydrogen-bond acceptors (Lipinski definition) is 7. The van der Waals surface area contributed by atoms with Gasteiger partial charge < -0.3 is 21.7 Å². The summed E-state index contributed by atoms with van der Waals surface area (Å²) < 4.78 is 31.7. The van der Waals surface area contributed by atoms with Crippen molar-refractivity contribution < 1.29 is 33.0 Å². The van der Waals surface area contributed by atoms with Gasteiger partial charge in [0.25, 0.3) is 0 Å². The summed E-state index contributed by atoms with van der Waals surface area (Å²) in [6.45, 7) is 0. The molecule has 1 amide bonds. The van der Waals surface area contributed by atoms with Crippen molar-refractivity contribution in [3.63, 3.8) is 0 Å². The number of phenols is 1. The van der Waals surface area contributed by atoms with Crippen LogP contribution in [0.4, 0.5) is 30.4 Å². The number of hydrogen-bond donors (Lipinski definition) is 4. The number of primary amides is 1. The highest BCUT2D eigenvalue weighted by atomic mass is 19.4. The number of nitrogens with two attached hydrogens (primary N) is 2. The van der Waals surface area contributed by atoms with Gasteiger partial charge in [-0.05, 0) is 24.3 Å². The number of benzene rings is 1. The number of halogens is 3. The Labute approximate surface area is 150 Å². The van der Waals surface area contributed by atoms with E-state index >= 15 is 0 Å². The van der Waals surface area contributed by atoms with Crippen LogP contribution in [0.1, 0.15) is 5.69 Å². The van der Waals surface area contributed by atoms with Gasteiger partial charge in [-0.1, -0.05) is 12.1 Å². The summed E-state index contributed by atoms with van der Waals surface area (Å²) in [7, 11) is 0. The third-order valence-corrected chi connectivity index (χ3v) is 2.71. The lowest BCUT2D eigenvalue weighted by molar-refractivity contribution is -0.192. The molecule has 6 N–H and O–H groups in total. The molecule has 1 aromatic carbocycles. The molecule has 9 nitrogen and oxygen atoms in total. The van der Waals surface area contributed by atoms with E-state index in [1.165, 1.54) is 6.07 Å². The molecule has 0 unspecified atom stereocenters. The molecule has 12 heteroatoms. The Bertz CT molecular complexity index is 856. The monoisotopic (exact) mass is 385 g/mol. The number of pyridine rings is 1. The van der Waals surface area contributed by atoms with E-state index in [-0.39, 0.29) is 18.0 Å². The Morgan fingerprint density at radius 3 is 2.11 bits per heavy atom. The minimum absolute atomic E-state index is 0.0150. The van der Waals surface area contributed by atoms with Crippen LogP contribution in [-0.2, 0) is 16.0 Å². The van der Waals surface area contributed by atoms with Crippen molar-refractivity contribution in [3.8, 4) is 5.75 Å². The highest BCUT2D eigenvalue weighted by Gasteiger charge is 2.38. The van der Waals surface area contributed by atoms with E-state index in [9.17, 15) is 23.1 Å². The largest absolute Gasteiger partial charge is 0.506 e. The fraction of sp³-hybridized carbons (Fsp3) is 0.133. The van der Waals surface area contributed by atoms with E-state index in [0.717, 1.165) is 0 Å². The molecule has 144 valence electrons. The topological polar surface area (TPSA) is 164 Å². The first-order chi connectivity index (χ1) is 12.5. The Kier molecular flexibility index (Phi) is 7.21. The molecule has 2 aromatic rings. The van der Waals surface area contributed by atoms with Crippen LogP contribution >= 0.6 is 0 Å². The standard InChI is InChI=1S/C13H13N5O2.C2HF3O2/c14-12(20)7-8-5-6-10(13(15)16-8)18-17-9-3-1-2-4-11(9)19;3-2(4,5)1(6)7/h1-6,19H,7H2,(H2,14,20)(H2,15,16);(H,6,7). The highest BCUT2D eigenvalue weighted by Crippen LogP contribution is 2.28. The maximum absolute atomic E-state index is 10.8. The lowest BCUT2D eigenvalue weighted by Crippen LogP contribution is -2.21. The second kappa shape index (κ2) is 9.12. The summed E-state index contributed by atoms with van der Waals surface area (Å²) in [5, 5.41) is 24.5. The second-order valence-corrected chi connectivity index (χ2v) is 4.84. The van der Waals surface area contributed by atoms with Crippen molar-refractivity contribution in [1.82, 2.24) is 4.98 Å². The number of carboxylic acid groups (broad SMARTS) is 1. The number of rotatable bonds is 4. The predicted molar refractivity (Wildman–Crippen MR) is 87.5 cm³/mol. The van der Waals surface area contributed by atoms with Gasteiger partial charge in [0.15, 0.2) is 5.82 Å². The first-order valence-electron chi connectivity index (χ1n) is 7.04. The number of carbonyl (C=O) groups excluding carboxylic acids is 1. The van der Waals surface area contributed by atoms with E-state index in [0.29, 0.717) is 17.1 Å². The fourth-order valence-electron chi connectivity index (χ4n) is 1.53. The van der Waals surface area contributed by atoms with Gasteiger partial charge in [0.1, 0.15) is 17.1 Å². The number of azo groups is 1. The zero-order valence-corrected chi connectivity index (χ0v) is 13.5. The number of nitrogen functional groups attached to an aromatic ring is 1. The van der Waals surface area contributed by atoms with Crippen LogP contribution in [0, 0.1) is 0 Å². The molecule has 0 spiro atoms. The minimum atomic E-state index is -5.08. The Morgan fingerprint density at radius 2 is 1.63 bits per heavy atom. The summed E-state index contributed by atoms with van der Waals surface area (Å²) in [6.07, 6.45) is -5.07. The van der Waals surface area contributed by atoms with Crippen molar-refractivity contribution in [3.05, 3.63) is 42.1 Å². The summed E-state index contributed by atoms with van der Waals surface area (Å²) in [6, 6.07) is 9.72. The summed E-state index contributed by atoms with van der Waals surface area (Å²) in [4.78, 5) is 23.7. The number of amides is 1. The molecule has 0 aliphatic heterocycles. The zero-order valence-electron chi connectivity index (χ0n) is 13.5. The third-order valence-electron chi connectivity index (χ3n) is 2.71. The molecule has 0 aliphatic carbocycles. The van der Waals surface area contributed by atoms with Crippen molar-refractivity contribution >= 4 is 29.1 Å². The number of anilines is 1. The van der Waals surface area contributed by atoms with Crippen LogP contribution in [0.3, 0.4) is 0 Å². The van der Waals surface area contributed by atoms with Crippen LogP contribution in [0.15, 0.2) is 46.6 Å². The highest BCUT2D eigenvalue weighted by molar-refractivity contribution is 5.76. The zero-order chi connectivity index (χ0) is 20.6. The van der Waals surface area contributed by atoms with Crippen LogP contribution in [0.5, 0.6) is 5.75 Å². The van der Waals surface area contributed by atoms with E-state index in [4.69, 9.17) is 21.4 Å². The second-order valence-electron chi connectivity index (χ2n) is 4.84. The molecule has 0 aliphatic rings.